The van der Waals surface area contributed by atoms with Crippen LogP contribution in [0.25, 0.3) is 0 Å². The van der Waals surface area contributed by atoms with Crippen molar-refractivity contribution in [3.63, 3.8) is 0 Å². The average Bonchev–Trinajstić information content (AvgIpc) is 2.72. The summed E-state index contributed by atoms with van der Waals surface area (Å²) in [6.07, 6.45) is 1.46. The lowest BCUT2D eigenvalue weighted by molar-refractivity contribution is 0.0394. The fourth-order valence-corrected chi connectivity index (χ4v) is 4.60. The second-order valence-corrected chi connectivity index (χ2v) is 7.77. The molecule has 1 aliphatic heterocycles. The van der Waals surface area contributed by atoms with Crippen LogP contribution in [0.4, 0.5) is 11.4 Å². The number of nitrogen functional groups attached to an aromatic ring is 1. The van der Waals surface area contributed by atoms with Crippen molar-refractivity contribution in [3.05, 3.63) is 58.7 Å². The Morgan fingerprint density at radius 2 is 1.61 bits per heavy atom. The Balaban J connectivity index is 0.00000109. The van der Waals surface area contributed by atoms with Crippen LogP contribution in [0.5, 0.6) is 0 Å². The van der Waals surface area contributed by atoms with E-state index in [1.165, 1.54) is 27.9 Å². The van der Waals surface area contributed by atoms with Gasteiger partial charge in [0.1, 0.15) is 0 Å². The van der Waals surface area contributed by atoms with Gasteiger partial charge in [0.15, 0.2) is 0 Å². The van der Waals surface area contributed by atoms with Crippen molar-refractivity contribution in [3.8, 4) is 0 Å². The molecule has 4 rings (SSSR count). The van der Waals surface area contributed by atoms with Gasteiger partial charge in [-0.3, -0.25) is 4.90 Å². The normalized spacial score (nSPS) is 22.2. The molecule has 2 atom stereocenters. The topological polar surface area (TPSA) is 52.7 Å². The highest BCUT2D eigenvalue weighted by molar-refractivity contribution is 5.64. The van der Waals surface area contributed by atoms with Crippen molar-refractivity contribution in [2.45, 2.75) is 52.7 Å². The number of nitrogens with two attached hydrogens (primary N) is 1. The van der Waals surface area contributed by atoms with E-state index in [0.717, 1.165) is 44.7 Å². The second-order valence-electron chi connectivity index (χ2n) is 7.77. The minimum absolute atomic E-state index is 0.229. The predicted octanol–water partition coefficient (Wildman–Crippen LogP) is 3.56. The fraction of sp³-hybridized carbons (Fsp3) is 0.500. The molecule has 2 aliphatic rings. The molecule has 4 nitrogen and oxygen atoms in total. The van der Waals surface area contributed by atoms with Gasteiger partial charge in [-0.1, -0.05) is 38.1 Å². The van der Waals surface area contributed by atoms with Gasteiger partial charge in [0.25, 0.3) is 0 Å². The zero-order chi connectivity index (χ0) is 20.3. The molecule has 0 bridgehead atoms. The van der Waals surface area contributed by atoms with E-state index in [2.05, 4.69) is 47.9 Å². The van der Waals surface area contributed by atoms with Gasteiger partial charge in [0.2, 0.25) is 0 Å². The Hall–Kier alpha value is -2.04. The van der Waals surface area contributed by atoms with Crippen LogP contribution in [0.1, 0.15) is 36.1 Å². The van der Waals surface area contributed by atoms with Crippen LogP contribution in [0.2, 0.25) is 0 Å². The van der Waals surface area contributed by atoms with Gasteiger partial charge >= 0.3 is 0 Å². The summed E-state index contributed by atoms with van der Waals surface area (Å²) in [7, 11) is 0. The largest absolute Gasteiger partial charge is 0.398 e. The van der Waals surface area contributed by atoms with Crippen LogP contribution in [0, 0.1) is 13.8 Å². The summed E-state index contributed by atoms with van der Waals surface area (Å²) in [5.74, 6) is 0. The molecular formula is C24H35N3O. The second kappa shape index (κ2) is 8.97. The number of rotatable bonds is 2. The highest BCUT2D eigenvalue weighted by atomic mass is 16.3. The standard InChI is InChI=1S/C22H29N3O.C2H6/c1-15-5-3-6-17-13-22(26)21(14-18(15)17)25-11-9-24(10-12-25)20-8-4-7-19(23)16(20)2;1-2/h3-8,21-22,26H,9-14,23H2,1-2H3;1-2H3. The number of fused-ring (bicyclic) bond motifs is 1. The smallest absolute Gasteiger partial charge is 0.0739 e. The van der Waals surface area contributed by atoms with E-state index < -0.39 is 0 Å². The molecule has 0 spiro atoms. The molecule has 152 valence electrons. The van der Waals surface area contributed by atoms with Gasteiger partial charge < -0.3 is 15.7 Å². The molecule has 0 saturated carbocycles. The van der Waals surface area contributed by atoms with Crippen LogP contribution in [0.3, 0.4) is 0 Å². The van der Waals surface area contributed by atoms with Gasteiger partial charge in [-0.15, -0.1) is 0 Å². The lowest BCUT2D eigenvalue weighted by Crippen LogP contribution is -2.56. The first-order valence-corrected chi connectivity index (χ1v) is 10.6. The number of hydrogen-bond acceptors (Lipinski definition) is 4. The highest BCUT2D eigenvalue weighted by Crippen LogP contribution is 2.30. The van der Waals surface area contributed by atoms with Crippen LogP contribution < -0.4 is 10.6 Å². The molecule has 1 fully saturated rings. The van der Waals surface area contributed by atoms with E-state index in [-0.39, 0.29) is 12.1 Å². The first-order valence-electron chi connectivity index (χ1n) is 10.6. The van der Waals surface area contributed by atoms with Crippen LogP contribution in [-0.2, 0) is 12.8 Å². The maximum absolute atomic E-state index is 10.8. The Labute approximate surface area is 170 Å². The van der Waals surface area contributed by atoms with Crippen molar-refractivity contribution >= 4 is 11.4 Å². The van der Waals surface area contributed by atoms with Crippen LogP contribution in [0.15, 0.2) is 36.4 Å². The van der Waals surface area contributed by atoms with E-state index in [9.17, 15) is 5.11 Å². The third-order valence-corrected chi connectivity index (χ3v) is 6.26. The van der Waals surface area contributed by atoms with E-state index >= 15 is 0 Å². The lowest BCUT2D eigenvalue weighted by Gasteiger charge is -2.44. The Morgan fingerprint density at radius 1 is 0.929 bits per heavy atom. The van der Waals surface area contributed by atoms with Gasteiger partial charge in [0.05, 0.1) is 6.10 Å². The van der Waals surface area contributed by atoms with Crippen LogP contribution in [-0.4, -0.2) is 48.3 Å². The summed E-state index contributed by atoms with van der Waals surface area (Å²) >= 11 is 0. The summed E-state index contributed by atoms with van der Waals surface area (Å²) in [5, 5.41) is 10.8. The first-order chi connectivity index (χ1) is 13.5. The van der Waals surface area contributed by atoms with E-state index in [4.69, 9.17) is 5.73 Å². The van der Waals surface area contributed by atoms with Gasteiger partial charge in [0, 0.05) is 50.0 Å². The Bertz CT molecular complexity index is 796. The van der Waals surface area contributed by atoms with Gasteiger partial charge in [-0.2, -0.15) is 0 Å². The van der Waals surface area contributed by atoms with Crippen molar-refractivity contribution in [1.82, 2.24) is 4.90 Å². The predicted molar refractivity (Wildman–Crippen MR) is 119 cm³/mol. The van der Waals surface area contributed by atoms with Crippen molar-refractivity contribution in [2.24, 2.45) is 0 Å². The van der Waals surface area contributed by atoms with Crippen molar-refractivity contribution in [1.29, 1.82) is 0 Å². The SMILES string of the molecule is CC.Cc1cccc2c1CC(N1CCN(c3cccc(N)c3C)CC1)C(O)C2. The van der Waals surface area contributed by atoms with E-state index in [0.29, 0.717) is 0 Å². The first kappa shape index (κ1) is 20.7. The molecule has 1 aliphatic carbocycles. The molecule has 0 amide bonds. The number of nitrogens with zero attached hydrogens (tertiary/aromatic N) is 2. The number of piperazine rings is 1. The lowest BCUT2D eigenvalue weighted by atomic mass is 9.83. The number of benzene rings is 2. The third-order valence-electron chi connectivity index (χ3n) is 6.26. The average molecular weight is 382 g/mol. The highest BCUT2D eigenvalue weighted by Gasteiger charge is 2.34. The molecule has 3 N–H and O–H groups in total. The third kappa shape index (κ3) is 4.03. The molecule has 28 heavy (non-hydrogen) atoms. The van der Waals surface area contributed by atoms with Crippen molar-refractivity contribution in [2.75, 3.05) is 36.8 Å². The number of aryl methyl sites for hydroxylation is 1. The molecule has 2 aromatic rings. The quantitative estimate of drug-likeness (QED) is 0.781. The van der Waals surface area contributed by atoms with Gasteiger partial charge in [-0.25, -0.2) is 0 Å². The molecule has 1 saturated heterocycles. The number of hydrogen-bond donors (Lipinski definition) is 2. The number of aliphatic hydroxyl groups is 1. The minimum atomic E-state index is -0.273. The van der Waals surface area contributed by atoms with E-state index in [1.807, 2.05) is 26.0 Å². The summed E-state index contributed by atoms with van der Waals surface area (Å²) in [5.41, 5.74) is 13.5. The summed E-state index contributed by atoms with van der Waals surface area (Å²) < 4.78 is 0. The zero-order valence-electron chi connectivity index (χ0n) is 17.8. The molecule has 2 aromatic carbocycles. The van der Waals surface area contributed by atoms with Crippen LogP contribution >= 0.6 is 0 Å². The molecule has 0 aromatic heterocycles. The summed E-state index contributed by atoms with van der Waals surface area (Å²) in [6.45, 7) is 12.2. The van der Waals surface area contributed by atoms with Crippen molar-refractivity contribution < 1.29 is 5.11 Å². The molecule has 2 unspecified atom stereocenters. The Morgan fingerprint density at radius 3 is 2.32 bits per heavy atom. The number of aliphatic hydroxyl groups excluding tert-OH is 1. The van der Waals surface area contributed by atoms with Gasteiger partial charge in [-0.05, 0) is 54.7 Å². The summed E-state index contributed by atoms with van der Waals surface area (Å²) in [4.78, 5) is 4.91. The molecular weight excluding hydrogens is 346 g/mol. The maximum Gasteiger partial charge on any atom is 0.0739 e. The molecule has 4 heteroatoms. The molecule has 1 heterocycles. The number of anilines is 2. The molecule has 0 radical (unpaired) electrons. The maximum atomic E-state index is 10.8. The zero-order valence-corrected chi connectivity index (χ0v) is 17.8. The monoisotopic (exact) mass is 381 g/mol. The van der Waals surface area contributed by atoms with E-state index in [1.54, 1.807) is 0 Å². The fourth-order valence-electron chi connectivity index (χ4n) is 4.60. The minimum Gasteiger partial charge on any atom is -0.398 e. The Kier molecular flexibility index (Phi) is 6.63. The summed E-state index contributed by atoms with van der Waals surface area (Å²) in [6, 6.07) is 12.9.